The number of hydrazine groups is 1. The van der Waals surface area contributed by atoms with Gasteiger partial charge in [-0.25, -0.2) is 8.78 Å². The van der Waals surface area contributed by atoms with Crippen LogP contribution in [0.2, 0.25) is 0 Å². The van der Waals surface area contributed by atoms with Crippen LogP contribution in [0.4, 0.5) is 8.78 Å². The maximum absolute atomic E-state index is 13.4. The number of nitrogens with zero attached hydrogens (tertiary/aromatic N) is 1. The lowest BCUT2D eigenvalue weighted by Crippen LogP contribution is -2.30. The molecule has 0 fully saturated rings. The standard InChI is InChI=1S/C13H12BrF2N3/c14-13-8(2-1-3-10(13)16)6-12(19-17)11-5-4-9(15)7-18-11/h1-5,7,12,19H,6,17H2. The zero-order valence-electron chi connectivity index (χ0n) is 9.91. The summed E-state index contributed by atoms with van der Waals surface area (Å²) in [5.74, 6) is 4.74. The SMILES string of the molecule is NNC(Cc1cccc(F)c1Br)c1ccc(F)cn1. The van der Waals surface area contributed by atoms with Gasteiger partial charge in [-0.3, -0.25) is 16.3 Å². The van der Waals surface area contributed by atoms with E-state index in [-0.39, 0.29) is 11.9 Å². The van der Waals surface area contributed by atoms with Crippen molar-refractivity contribution in [2.45, 2.75) is 12.5 Å². The lowest BCUT2D eigenvalue weighted by molar-refractivity contribution is 0.529. The normalized spacial score (nSPS) is 12.4. The average Bonchev–Trinajstić information content (AvgIpc) is 2.42. The Labute approximate surface area is 117 Å². The fourth-order valence-corrected chi connectivity index (χ4v) is 2.19. The Morgan fingerprint density at radius 1 is 1.26 bits per heavy atom. The van der Waals surface area contributed by atoms with E-state index in [1.807, 2.05) is 0 Å². The lowest BCUT2D eigenvalue weighted by atomic mass is 10.0. The molecule has 2 rings (SSSR count). The van der Waals surface area contributed by atoms with Crippen LogP contribution in [0.5, 0.6) is 0 Å². The van der Waals surface area contributed by atoms with Gasteiger partial charge in [-0.15, -0.1) is 0 Å². The maximum atomic E-state index is 13.4. The van der Waals surface area contributed by atoms with E-state index in [4.69, 9.17) is 5.84 Å². The first-order valence-corrected chi connectivity index (χ1v) is 6.41. The summed E-state index contributed by atoms with van der Waals surface area (Å²) in [5.41, 5.74) is 3.96. The van der Waals surface area contributed by atoms with Gasteiger partial charge in [0, 0.05) is 0 Å². The molecule has 0 aliphatic heterocycles. The number of pyridine rings is 1. The summed E-state index contributed by atoms with van der Waals surface area (Å²) in [6, 6.07) is 7.33. The molecule has 0 amide bonds. The molecular formula is C13H12BrF2N3. The topological polar surface area (TPSA) is 50.9 Å². The van der Waals surface area contributed by atoms with Crippen molar-refractivity contribution in [1.29, 1.82) is 0 Å². The quantitative estimate of drug-likeness (QED) is 0.670. The molecule has 1 unspecified atom stereocenters. The van der Waals surface area contributed by atoms with Gasteiger partial charge < -0.3 is 0 Å². The second kappa shape index (κ2) is 6.18. The molecular weight excluding hydrogens is 316 g/mol. The van der Waals surface area contributed by atoms with Crippen LogP contribution in [0.1, 0.15) is 17.3 Å². The van der Waals surface area contributed by atoms with E-state index in [0.717, 1.165) is 11.8 Å². The molecule has 1 aromatic carbocycles. The third kappa shape index (κ3) is 3.34. The summed E-state index contributed by atoms with van der Waals surface area (Å²) >= 11 is 3.20. The van der Waals surface area contributed by atoms with Crippen LogP contribution < -0.4 is 11.3 Å². The van der Waals surface area contributed by atoms with E-state index in [1.165, 1.54) is 12.1 Å². The van der Waals surface area contributed by atoms with Gasteiger partial charge in [0.05, 0.1) is 22.4 Å². The first-order chi connectivity index (χ1) is 9.11. The molecule has 3 nitrogen and oxygen atoms in total. The highest BCUT2D eigenvalue weighted by atomic mass is 79.9. The van der Waals surface area contributed by atoms with Crippen LogP contribution in [0.15, 0.2) is 41.0 Å². The van der Waals surface area contributed by atoms with Crippen molar-refractivity contribution in [1.82, 2.24) is 10.4 Å². The fourth-order valence-electron chi connectivity index (χ4n) is 1.77. The number of rotatable bonds is 4. The maximum Gasteiger partial charge on any atom is 0.141 e. The van der Waals surface area contributed by atoms with Crippen molar-refractivity contribution >= 4 is 15.9 Å². The van der Waals surface area contributed by atoms with Gasteiger partial charge in [0.15, 0.2) is 0 Å². The molecule has 6 heteroatoms. The van der Waals surface area contributed by atoms with Gasteiger partial charge in [-0.1, -0.05) is 12.1 Å². The zero-order valence-corrected chi connectivity index (χ0v) is 11.5. The van der Waals surface area contributed by atoms with E-state index in [2.05, 4.69) is 26.3 Å². The first kappa shape index (κ1) is 14.0. The van der Waals surface area contributed by atoms with Crippen molar-refractivity contribution in [2.24, 2.45) is 5.84 Å². The number of halogens is 3. The zero-order chi connectivity index (χ0) is 13.8. The smallest absolute Gasteiger partial charge is 0.141 e. The molecule has 1 aromatic heterocycles. The van der Waals surface area contributed by atoms with Crippen LogP contribution in [-0.4, -0.2) is 4.98 Å². The third-order valence-electron chi connectivity index (χ3n) is 2.76. The van der Waals surface area contributed by atoms with Crippen LogP contribution in [-0.2, 0) is 6.42 Å². The highest BCUT2D eigenvalue weighted by Gasteiger charge is 2.15. The highest BCUT2D eigenvalue weighted by Crippen LogP contribution is 2.25. The molecule has 3 N–H and O–H groups in total. The Bertz CT molecular complexity index is 560. The summed E-state index contributed by atoms with van der Waals surface area (Å²) < 4.78 is 26.7. The second-order valence-corrected chi connectivity index (χ2v) is 4.83. The molecule has 100 valence electrons. The summed E-state index contributed by atoms with van der Waals surface area (Å²) in [7, 11) is 0. The minimum Gasteiger partial charge on any atom is -0.271 e. The van der Waals surface area contributed by atoms with Gasteiger partial charge in [0.2, 0.25) is 0 Å². The van der Waals surface area contributed by atoms with Crippen LogP contribution in [0.25, 0.3) is 0 Å². The predicted molar refractivity (Wildman–Crippen MR) is 72.1 cm³/mol. The number of hydrogen-bond donors (Lipinski definition) is 2. The molecule has 0 saturated carbocycles. The number of nitrogens with one attached hydrogen (secondary N) is 1. The minimum atomic E-state index is -0.411. The molecule has 1 atom stereocenters. The van der Waals surface area contributed by atoms with Crippen molar-refractivity contribution in [3.05, 3.63) is 63.9 Å². The summed E-state index contributed by atoms with van der Waals surface area (Å²) in [6.45, 7) is 0. The first-order valence-electron chi connectivity index (χ1n) is 5.62. The number of hydrogen-bond acceptors (Lipinski definition) is 3. The molecule has 0 aliphatic carbocycles. The Balaban J connectivity index is 2.24. The Hall–Kier alpha value is -1.37. The summed E-state index contributed by atoms with van der Waals surface area (Å²) in [6.07, 6.45) is 1.56. The predicted octanol–water partition coefficient (Wildman–Crippen LogP) is 2.87. The summed E-state index contributed by atoms with van der Waals surface area (Å²) in [5, 5.41) is 0. The molecule has 2 aromatic rings. The fraction of sp³-hybridized carbons (Fsp3) is 0.154. The van der Waals surface area contributed by atoms with E-state index in [9.17, 15) is 8.78 Å². The Morgan fingerprint density at radius 2 is 2.05 bits per heavy atom. The van der Waals surface area contributed by atoms with Crippen LogP contribution >= 0.6 is 15.9 Å². The van der Waals surface area contributed by atoms with Crippen molar-refractivity contribution in [2.75, 3.05) is 0 Å². The monoisotopic (exact) mass is 327 g/mol. The third-order valence-corrected chi connectivity index (χ3v) is 3.65. The molecule has 0 bridgehead atoms. The van der Waals surface area contributed by atoms with E-state index < -0.39 is 5.82 Å². The van der Waals surface area contributed by atoms with Crippen molar-refractivity contribution in [3.8, 4) is 0 Å². The van der Waals surface area contributed by atoms with Gasteiger partial charge >= 0.3 is 0 Å². The van der Waals surface area contributed by atoms with Crippen molar-refractivity contribution in [3.63, 3.8) is 0 Å². The molecule has 0 radical (unpaired) electrons. The van der Waals surface area contributed by atoms with E-state index >= 15 is 0 Å². The van der Waals surface area contributed by atoms with Gasteiger partial charge in [-0.05, 0) is 46.1 Å². The van der Waals surface area contributed by atoms with Crippen LogP contribution in [0, 0.1) is 11.6 Å². The number of benzene rings is 1. The molecule has 0 spiro atoms. The van der Waals surface area contributed by atoms with Crippen molar-refractivity contribution < 1.29 is 8.78 Å². The highest BCUT2D eigenvalue weighted by molar-refractivity contribution is 9.10. The largest absolute Gasteiger partial charge is 0.271 e. The van der Waals surface area contributed by atoms with E-state index in [1.54, 1.807) is 18.2 Å². The van der Waals surface area contributed by atoms with Crippen LogP contribution in [0.3, 0.4) is 0 Å². The molecule has 1 heterocycles. The molecule has 19 heavy (non-hydrogen) atoms. The van der Waals surface area contributed by atoms with Gasteiger partial charge in [-0.2, -0.15) is 0 Å². The average molecular weight is 328 g/mol. The summed E-state index contributed by atoms with van der Waals surface area (Å²) in [4.78, 5) is 3.97. The van der Waals surface area contributed by atoms with Gasteiger partial charge in [0.1, 0.15) is 11.6 Å². The van der Waals surface area contributed by atoms with Gasteiger partial charge in [0.25, 0.3) is 0 Å². The Morgan fingerprint density at radius 3 is 2.68 bits per heavy atom. The minimum absolute atomic E-state index is 0.321. The number of aromatic nitrogens is 1. The number of nitrogens with two attached hydrogens (primary N) is 1. The second-order valence-electron chi connectivity index (χ2n) is 4.04. The molecule has 0 saturated heterocycles. The Kier molecular flexibility index (Phi) is 4.57. The molecule has 0 aliphatic rings. The lowest BCUT2D eigenvalue weighted by Gasteiger charge is -2.16. The van der Waals surface area contributed by atoms with E-state index in [0.29, 0.717) is 16.6 Å².